The van der Waals surface area contributed by atoms with Gasteiger partial charge in [-0.25, -0.2) is 0 Å². The fraction of sp³-hybridized carbons (Fsp3) is 0.381. The van der Waals surface area contributed by atoms with Crippen molar-refractivity contribution >= 4 is 51.6 Å². The Kier molecular flexibility index (Phi) is 9.04. The monoisotopic (exact) mass is 575 g/mol. The third-order valence-electron chi connectivity index (χ3n) is 5.11. The van der Waals surface area contributed by atoms with Crippen LogP contribution in [-0.2, 0) is 10.2 Å². The van der Waals surface area contributed by atoms with Gasteiger partial charge < -0.3 is 25.3 Å². The number of anilines is 1. The first kappa shape index (κ1) is 23.8. The minimum absolute atomic E-state index is 0. The number of guanidine groups is 1. The molecule has 0 atom stereocenters. The zero-order valence-corrected chi connectivity index (χ0v) is 20.5. The molecule has 0 radical (unpaired) electrons. The van der Waals surface area contributed by atoms with Crippen LogP contribution in [0.4, 0.5) is 5.69 Å². The Morgan fingerprint density at radius 2 is 1.76 bits per heavy atom. The first-order valence-corrected chi connectivity index (χ1v) is 9.98. The molecule has 1 aliphatic rings. The lowest BCUT2D eigenvalue weighted by Crippen LogP contribution is -2.38. The Balaban J connectivity index is 0.00000300. The molecule has 158 valence electrons. The maximum absolute atomic E-state index is 6.17. The summed E-state index contributed by atoms with van der Waals surface area (Å²) in [5.74, 6) is 1.67. The number of aliphatic imine (C=N–C) groups is 1. The summed E-state index contributed by atoms with van der Waals surface area (Å²) in [6.07, 6.45) is 1.84. The van der Waals surface area contributed by atoms with Crippen LogP contribution in [0.1, 0.15) is 18.4 Å². The molecule has 0 spiro atoms. The second-order valence-electron chi connectivity index (χ2n) is 6.80. The average molecular weight is 576 g/mol. The van der Waals surface area contributed by atoms with Gasteiger partial charge in [0.25, 0.3) is 0 Å². The average Bonchev–Trinajstić information content (AvgIpc) is 2.73. The number of nitrogens with one attached hydrogen (secondary N) is 1. The van der Waals surface area contributed by atoms with Crippen molar-refractivity contribution in [2.24, 2.45) is 10.7 Å². The van der Waals surface area contributed by atoms with Crippen LogP contribution in [-0.4, -0.2) is 39.9 Å². The maximum atomic E-state index is 6.17. The van der Waals surface area contributed by atoms with Crippen LogP contribution >= 0.6 is 39.9 Å². The second-order valence-corrected chi connectivity index (χ2v) is 7.71. The number of halogens is 2. The molecule has 1 fully saturated rings. The van der Waals surface area contributed by atoms with Crippen molar-refractivity contribution in [3.63, 3.8) is 0 Å². The van der Waals surface area contributed by atoms with Crippen molar-refractivity contribution in [2.75, 3.05) is 39.3 Å². The fourth-order valence-corrected chi connectivity index (χ4v) is 3.71. The van der Waals surface area contributed by atoms with E-state index in [1.54, 1.807) is 14.2 Å². The highest BCUT2D eigenvalue weighted by Gasteiger charge is 2.34. The molecule has 1 aliphatic heterocycles. The Morgan fingerprint density at radius 3 is 2.38 bits per heavy atom. The molecule has 2 aromatic rings. The van der Waals surface area contributed by atoms with Gasteiger partial charge in [0.15, 0.2) is 17.5 Å². The van der Waals surface area contributed by atoms with E-state index in [0.29, 0.717) is 24.0 Å². The van der Waals surface area contributed by atoms with Crippen LogP contribution in [0, 0.1) is 0 Å². The van der Waals surface area contributed by atoms with Gasteiger partial charge >= 0.3 is 0 Å². The van der Waals surface area contributed by atoms with E-state index < -0.39 is 0 Å². The number of nitrogens with two attached hydrogens (primary N) is 1. The summed E-state index contributed by atoms with van der Waals surface area (Å²) < 4.78 is 17.3. The predicted molar refractivity (Wildman–Crippen MR) is 131 cm³/mol. The Hall–Kier alpha value is -1.52. The molecular formula is C21H27BrIN3O3. The first-order valence-electron chi connectivity index (χ1n) is 9.19. The van der Waals surface area contributed by atoms with Gasteiger partial charge in [-0.2, -0.15) is 0 Å². The Bertz CT molecular complexity index is 824. The molecule has 0 unspecified atom stereocenters. The molecule has 0 saturated carbocycles. The normalized spacial score (nSPS) is 15.9. The van der Waals surface area contributed by atoms with Crippen molar-refractivity contribution in [3.05, 3.63) is 52.5 Å². The molecule has 1 heterocycles. The summed E-state index contributed by atoms with van der Waals surface area (Å²) in [4.78, 5) is 4.66. The fourth-order valence-electron chi connectivity index (χ4n) is 3.44. The molecule has 1 saturated heterocycles. The summed E-state index contributed by atoms with van der Waals surface area (Å²) in [5.41, 5.74) is 8.17. The molecule has 2 aromatic carbocycles. The van der Waals surface area contributed by atoms with E-state index in [0.717, 1.165) is 36.2 Å². The van der Waals surface area contributed by atoms with Gasteiger partial charge in [-0.1, -0.05) is 28.1 Å². The van der Waals surface area contributed by atoms with Gasteiger partial charge in [0.05, 0.1) is 20.8 Å². The first-order chi connectivity index (χ1) is 13.6. The highest BCUT2D eigenvalue weighted by molar-refractivity contribution is 14.0. The van der Waals surface area contributed by atoms with E-state index in [1.165, 1.54) is 5.56 Å². The number of hydrogen-bond donors (Lipinski definition) is 2. The predicted octanol–water partition coefficient (Wildman–Crippen LogP) is 4.56. The van der Waals surface area contributed by atoms with E-state index in [-0.39, 0.29) is 29.4 Å². The zero-order valence-electron chi connectivity index (χ0n) is 16.6. The van der Waals surface area contributed by atoms with Gasteiger partial charge in [-0.15, -0.1) is 24.0 Å². The summed E-state index contributed by atoms with van der Waals surface area (Å²) in [5, 5.41) is 3.14. The van der Waals surface area contributed by atoms with Crippen molar-refractivity contribution < 1.29 is 14.2 Å². The molecule has 0 aliphatic carbocycles. The van der Waals surface area contributed by atoms with Crippen LogP contribution < -0.4 is 20.5 Å². The standard InChI is InChI=1S/C21H26BrN3O3.HI/c1-26-18-8-7-17(13-19(18)27-2)25-20(23)24-14-21(9-11-28-12-10-21)15-3-5-16(22)6-4-15;/h3-8,13H,9-12,14H2,1-2H3,(H3,23,24,25);1H. The van der Waals surface area contributed by atoms with E-state index in [2.05, 4.69) is 50.5 Å². The maximum Gasteiger partial charge on any atom is 0.193 e. The Morgan fingerprint density at radius 1 is 1.10 bits per heavy atom. The summed E-state index contributed by atoms with van der Waals surface area (Å²) in [7, 11) is 3.21. The number of rotatable bonds is 6. The van der Waals surface area contributed by atoms with Gasteiger partial charge in [0.2, 0.25) is 0 Å². The van der Waals surface area contributed by atoms with Crippen molar-refractivity contribution in [1.29, 1.82) is 0 Å². The van der Waals surface area contributed by atoms with Crippen LogP contribution in [0.5, 0.6) is 11.5 Å². The number of benzene rings is 2. The molecule has 0 aromatic heterocycles. The van der Waals surface area contributed by atoms with E-state index >= 15 is 0 Å². The molecule has 0 bridgehead atoms. The smallest absolute Gasteiger partial charge is 0.193 e. The largest absolute Gasteiger partial charge is 0.493 e. The lowest BCUT2D eigenvalue weighted by atomic mass is 9.74. The molecule has 29 heavy (non-hydrogen) atoms. The molecule has 6 nitrogen and oxygen atoms in total. The second kappa shape index (κ2) is 11.0. The number of nitrogens with zero attached hydrogens (tertiary/aromatic N) is 1. The van der Waals surface area contributed by atoms with Gasteiger partial charge in [0.1, 0.15) is 0 Å². The molecule has 3 rings (SSSR count). The summed E-state index contributed by atoms with van der Waals surface area (Å²) in [6.45, 7) is 2.06. The van der Waals surface area contributed by atoms with Gasteiger partial charge in [0, 0.05) is 34.9 Å². The quantitative estimate of drug-likeness (QED) is 0.300. The SMILES string of the molecule is COc1ccc(NC(N)=NCC2(c3ccc(Br)cc3)CCOCC2)cc1OC.I. The Labute approximate surface area is 197 Å². The summed E-state index contributed by atoms with van der Waals surface area (Å²) >= 11 is 3.51. The molecule has 8 heteroatoms. The minimum Gasteiger partial charge on any atom is -0.493 e. The van der Waals surface area contributed by atoms with Gasteiger partial charge in [-0.05, 0) is 42.7 Å². The summed E-state index contributed by atoms with van der Waals surface area (Å²) in [6, 6.07) is 14.0. The van der Waals surface area contributed by atoms with E-state index in [9.17, 15) is 0 Å². The number of hydrogen-bond acceptors (Lipinski definition) is 4. The molecule has 3 N–H and O–H groups in total. The van der Waals surface area contributed by atoms with E-state index in [4.69, 9.17) is 19.9 Å². The highest BCUT2D eigenvalue weighted by Crippen LogP contribution is 2.36. The van der Waals surface area contributed by atoms with Crippen molar-refractivity contribution in [2.45, 2.75) is 18.3 Å². The van der Waals surface area contributed by atoms with E-state index in [1.807, 2.05) is 18.2 Å². The topological polar surface area (TPSA) is 78.1 Å². The third kappa shape index (κ3) is 5.99. The lowest BCUT2D eigenvalue weighted by molar-refractivity contribution is 0.0531. The van der Waals surface area contributed by atoms with Crippen molar-refractivity contribution in [1.82, 2.24) is 0 Å². The number of ether oxygens (including phenoxy) is 3. The minimum atomic E-state index is -0.0666. The number of methoxy groups -OCH3 is 2. The van der Waals surface area contributed by atoms with Crippen LogP contribution in [0.2, 0.25) is 0 Å². The zero-order chi connectivity index (χ0) is 20.0. The third-order valence-corrected chi connectivity index (χ3v) is 5.64. The van der Waals surface area contributed by atoms with Crippen LogP contribution in [0.3, 0.4) is 0 Å². The molecular weight excluding hydrogens is 549 g/mol. The van der Waals surface area contributed by atoms with Crippen LogP contribution in [0.15, 0.2) is 51.9 Å². The van der Waals surface area contributed by atoms with Gasteiger partial charge in [-0.3, -0.25) is 4.99 Å². The lowest BCUT2D eigenvalue weighted by Gasteiger charge is -2.36. The highest BCUT2D eigenvalue weighted by atomic mass is 127. The molecule has 0 amide bonds. The van der Waals surface area contributed by atoms with Crippen LogP contribution in [0.25, 0.3) is 0 Å². The van der Waals surface area contributed by atoms with Crippen molar-refractivity contribution in [3.8, 4) is 11.5 Å².